The molecule has 5 heteroatoms. The Morgan fingerprint density at radius 1 is 1.39 bits per heavy atom. The smallest absolute Gasteiger partial charge is 0.252 e. The molecule has 0 saturated heterocycles. The molecule has 0 unspecified atom stereocenters. The molecule has 18 heavy (non-hydrogen) atoms. The topological polar surface area (TPSA) is 49.4 Å². The Kier molecular flexibility index (Phi) is 4.20. The van der Waals surface area contributed by atoms with Gasteiger partial charge in [-0.1, -0.05) is 11.6 Å². The van der Waals surface area contributed by atoms with Crippen molar-refractivity contribution in [3.05, 3.63) is 34.9 Å². The number of amides is 2. The van der Waals surface area contributed by atoms with Crippen LogP contribution in [-0.2, 0) is 4.79 Å². The van der Waals surface area contributed by atoms with Gasteiger partial charge in [0.15, 0.2) is 0 Å². The number of carbonyl (C=O) groups excluding carboxylic acids is 2. The Morgan fingerprint density at radius 3 is 2.61 bits per heavy atom. The Labute approximate surface area is 111 Å². The van der Waals surface area contributed by atoms with Crippen molar-refractivity contribution in [2.45, 2.75) is 12.8 Å². The third-order valence-corrected chi connectivity index (χ3v) is 3.14. The molecular formula is C13H15ClN2O2. The lowest BCUT2D eigenvalue weighted by molar-refractivity contribution is -0.118. The fraction of sp³-hybridized carbons (Fsp3) is 0.385. The molecular weight excluding hydrogens is 252 g/mol. The zero-order valence-corrected chi connectivity index (χ0v) is 10.7. The largest absolute Gasteiger partial charge is 0.334 e. The quantitative estimate of drug-likeness (QED) is 0.631. The van der Waals surface area contributed by atoms with E-state index in [1.165, 1.54) is 12.8 Å². The van der Waals surface area contributed by atoms with Crippen LogP contribution < -0.4 is 5.32 Å². The fourth-order valence-corrected chi connectivity index (χ4v) is 1.78. The van der Waals surface area contributed by atoms with Crippen molar-refractivity contribution in [2.75, 3.05) is 13.2 Å². The van der Waals surface area contributed by atoms with Gasteiger partial charge in [-0.25, -0.2) is 0 Å². The van der Waals surface area contributed by atoms with Gasteiger partial charge in [0.2, 0.25) is 6.41 Å². The molecule has 0 atom stereocenters. The third kappa shape index (κ3) is 3.74. The number of nitrogens with one attached hydrogen (secondary N) is 1. The van der Waals surface area contributed by atoms with Gasteiger partial charge < -0.3 is 10.2 Å². The highest BCUT2D eigenvalue weighted by atomic mass is 35.5. The van der Waals surface area contributed by atoms with Gasteiger partial charge in [0, 0.05) is 17.1 Å². The van der Waals surface area contributed by atoms with Crippen molar-refractivity contribution < 1.29 is 9.59 Å². The first-order valence-electron chi connectivity index (χ1n) is 5.92. The van der Waals surface area contributed by atoms with Gasteiger partial charge in [-0.15, -0.1) is 0 Å². The summed E-state index contributed by atoms with van der Waals surface area (Å²) in [6, 6.07) is 6.64. The second-order valence-electron chi connectivity index (χ2n) is 4.49. The molecule has 1 aliphatic carbocycles. The number of halogens is 1. The predicted octanol–water partition coefficient (Wildman–Crippen LogP) is 1.90. The molecule has 1 aromatic carbocycles. The second kappa shape index (κ2) is 5.87. The summed E-state index contributed by atoms with van der Waals surface area (Å²) in [7, 11) is 0. The van der Waals surface area contributed by atoms with Crippen LogP contribution in [0, 0.1) is 5.92 Å². The molecule has 2 rings (SSSR count). The van der Waals surface area contributed by atoms with E-state index in [1.807, 2.05) is 0 Å². The highest BCUT2D eigenvalue weighted by molar-refractivity contribution is 6.30. The van der Waals surface area contributed by atoms with Gasteiger partial charge >= 0.3 is 0 Å². The lowest BCUT2D eigenvalue weighted by Gasteiger charge is -2.17. The Bertz CT molecular complexity index is 429. The summed E-state index contributed by atoms with van der Waals surface area (Å²) in [4.78, 5) is 24.2. The van der Waals surface area contributed by atoms with E-state index < -0.39 is 0 Å². The van der Waals surface area contributed by atoms with Gasteiger partial charge in [0.05, 0.1) is 6.67 Å². The van der Waals surface area contributed by atoms with E-state index in [0.717, 1.165) is 13.0 Å². The summed E-state index contributed by atoms with van der Waals surface area (Å²) in [5, 5.41) is 3.31. The molecule has 0 radical (unpaired) electrons. The monoisotopic (exact) mass is 266 g/mol. The van der Waals surface area contributed by atoms with Crippen LogP contribution in [0.2, 0.25) is 5.02 Å². The van der Waals surface area contributed by atoms with E-state index in [2.05, 4.69) is 5.32 Å². The standard InChI is InChI=1S/C13H15ClN2O2/c14-12-5-3-11(4-6-12)13(18)15-8-16(9-17)7-10-1-2-10/h3-6,9-10H,1-2,7-8H2,(H,15,18). The molecule has 0 heterocycles. The minimum Gasteiger partial charge on any atom is -0.334 e. The lowest BCUT2D eigenvalue weighted by atomic mass is 10.2. The van der Waals surface area contributed by atoms with Crippen LogP contribution in [0.4, 0.5) is 0 Å². The maximum absolute atomic E-state index is 11.8. The van der Waals surface area contributed by atoms with Gasteiger partial charge in [-0.05, 0) is 43.0 Å². The molecule has 1 aromatic rings. The van der Waals surface area contributed by atoms with Crippen molar-refractivity contribution in [1.29, 1.82) is 0 Å². The molecule has 1 saturated carbocycles. The van der Waals surface area contributed by atoms with Crippen LogP contribution in [0.1, 0.15) is 23.2 Å². The molecule has 0 aliphatic heterocycles. The Hall–Kier alpha value is -1.55. The van der Waals surface area contributed by atoms with Gasteiger partial charge in [0.25, 0.3) is 5.91 Å². The minimum atomic E-state index is -0.200. The number of hydrogen-bond donors (Lipinski definition) is 1. The van der Waals surface area contributed by atoms with Crippen molar-refractivity contribution in [3.63, 3.8) is 0 Å². The highest BCUT2D eigenvalue weighted by Gasteiger charge is 2.23. The number of benzene rings is 1. The van der Waals surface area contributed by atoms with Crippen LogP contribution in [0.5, 0.6) is 0 Å². The average molecular weight is 267 g/mol. The summed E-state index contributed by atoms with van der Waals surface area (Å²) < 4.78 is 0. The normalized spacial score (nSPS) is 14.1. The fourth-order valence-electron chi connectivity index (χ4n) is 1.65. The summed E-state index contributed by atoms with van der Waals surface area (Å²) in [6.45, 7) is 0.978. The molecule has 1 aliphatic rings. The lowest BCUT2D eigenvalue weighted by Crippen LogP contribution is -2.37. The number of nitrogens with zero attached hydrogens (tertiary/aromatic N) is 1. The van der Waals surface area contributed by atoms with E-state index in [0.29, 0.717) is 16.5 Å². The van der Waals surface area contributed by atoms with Crippen molar-refractivity contribution in [2.24, 2.45) is 5.92 Å². The van der Waals surface area contributed by atoms with Crippen LogP contribution in [-0.4, -0.2) is 30.4 Å². The van der Waals surface area contributed by atoms with Crippen LogP contribution in [0.3, 0.4) is 0 Å². The minimum absolute atomic E-state index is 0.200. The van der Waals surface area contributed by atoms with Gasteiger partial charge in [-0.2, -0.15) is 0 Å². The summed E-state index contributed by atoms with van der Waals surface area (Å²) in [5.74, 6) is 0.414. The molecule has 1 N–H and O–H groups in total. The van der Waals surface area contributed by atoms with Gasteiger partial charge in [0.1, 0.15) is 0 Å². The third-order valence-electron chi connectivity index (χ3n) is 2.89. The second-order valence-corrected chi connectivity index (χ2v) is 4.93. The zero-order valence-electron chi connectivity index (χ0n) is 9.93. The van der Waals surface area contributed by atoms with E-state index in [1.54, 1.807) is 29.2 Å². The van der Waals surface area contributed by atoms with Crippen LogP contribution in [0.15, 0.2) is 24.3 Å². The number of rotatable bonds is 6. The summed E-state index contributed by atoms with van der Waals surface area (Å²) in [6.07, 6.45) is 3.13. The van der Waals surface area contributed by atoms with E-state index >= 15 is 0 Å². The van der Waals surface area contributed by atoms with E-state index in [4.69, 9.17) is 11.6 Å². The van der Waals surface area contributed by atoms with Crippen molar-refractivity contribution >= 4 is 23.9 Å². The van der Waals surface area contributed by atoms with Crippen molar-refractivity contribution in [1.82, 2.24) is 10.2 Å². The number of hydrogen-bond acceptors (Lipinski definition) is 2. The van der Waals surface area contributed by atoms with Crippen LogP contribution >= 0.6 is 11.6 Å². The average Bonchev–Trinajstić information content (AvgIpc) is 3.18. The summed E-state index contributed by atoms with van der Waals surface area (Å²) >= 11 is 5.74. The van der Waals surface area contributed by atoms with E-state index in [9.17, 15) is 9.59 Å². The SMILES string of the molecule is O=CN(CNC(=O)c1ccc(Cl)cc1)CC1CC1. The molecule has 4 nitrogen and oxygen atoms in total. The van der Waals surface area contributed by atoms with Gasteiger partial charge in [-0.3, -0.25) is 9.59 Å². The number of carbonyl (C=O) groups is 2. The first-order chi connectivity index (χ1) is 8.69. The summed E-state index contributed by atoms with van der Waals surface area (Å²) in [5.41, 5.74) is 0.539. The zero-order chi connectivity index (χ0) is 13.0. The maximum atomic E-state index is 11.8. The van der Waals surface area contributed by atoms with E-state index in [-0.39, 0.29) is 12.6 Å². The Balaban J connectivity index is 1.82. The molecule has 1 fully saturated rings. The van der Waals surface area contributed by atoms with Crippen molar-refractivity contribution in [3.8, 4) is 0 Å². The molecule has 0 spiro atoms. The first-order valence-corrected chi connectivity index (χ1v) is 6.30. The molecule has 96 valence electrons. The molecule has 0 aromatic heterocycles. The Morgan fingerprint density at radius 2 is 2.06 bits per heavy atom. The molecule has 2 amide bonds. The maximum Gasteiger partial charge on any atom is 0.252 e. The first kappa shape index (κ1) is 12.9. The highest BCUT2D eigenvalue weighted by Crippen LogP contribution is 2.29. The predicted molar refractivity (Wildman–Crippen MR) is 69.3 cm³/mol. The van der Waals surface area contributed by atoms with Crippen LogP contribution in [0.25, 0.3) is 0 Å². The molecule has 0 bridgehead atoms.